The summed E-state index contributed by atoms with van der Waals surface area (Å²) in [6, 6.07) is 9.88. The van der Waals surface area contributed by atoms with E-state index in [1.165, 1.54) is 47.3 Å². The number of aliphatic hydroxyl groups excluding tert-OH is 1. The second-order valence-electron chi connectivity index (χ2n) is 11.6. The molecule has 8 nitrogen and oxygen atoms in total. The maximum Gasteiger partial charge on any atom is 0.317 e. The predicted molar refractivity (Wildman–Crippen MR) is 162 cm³/mol. The van der Waals surface area contributed by atoms with Gasteiger partial charge in [-0.2, -0.15) is 9.97 Å². The van der Waals surface area contributed by atoms with Crippen LogP contribution < -0.4 is 4.74 Å². The number of alkyl halides is 1. The van der Waals surface area contributed by atoms with Crippen LogP contribution in [0.15, 0.2) is 54.9 Å². The maximum atomic E-state index is 16.7. The molecule has 0 aliphatic carbocycles. The number of phenols is 1. The van der Waals surface area contributed by atoms with Gasteiger partial charge in [-0.1, -0.05) is 18.1 Å². The normalized spacial score (nSPS) is 19.7. The van der Waals surface area contributed by atoms with Gasteiger partial charge >= 0.3 is 6.01 Å². The summed E-state index contributed by atoms with van der Waals surface area (Å²) in [6.07, 6.45) is 9.56. The summed E-state index contributed by atoms with van der Waals surface area (Å²) in [5, 5.41) is 20.8. The number of terminal acetylenes is 1. The van der Waals surface area contributed by atoms with Crippen LogP contribution in [-0.2, 0) is 0 Å². The van der Waals surface area contributed by atoms with Crippen molar-refractivity contribution in [2.75, 3.05) is 26.3 Å². The molecule has 11 heteroatoms. The number of halogens is 3. The van der Waals surface area contributed by atoms with E-state index in [0.717, 1.165) is 19.4 Å². The van der Waals surface area contributed by atoms with Crippen LogP contribution in [0.2, 0.25) is 0 Å². The molecule has 2 saturated heterocycles. The summed E-state index contributed by atoms with van der Waals surface area (Å²) in [7, 11) is 0. The highest BCUT2D eigenvalue weighted by atomic mass is 19.1. The van der Waals surface area contributed by atoms with Crippen molar-refractivity contribution < 1.29 is 32.9 Å². The van der Waals surface area contributed by atoms with E-state index in [-0.39, 0.29) is 57.0 Å². The average Bonchev–Trinajstić information content (AvgIpc) is 3.74. The first-order chi connectivity index (χ1) is 21.7. The molecule has 2 aliphatic heterocycles. The third-order valence-corrected chi connectivity index (χ3v) is 8.89. The summed E-state index contributed by atoms with van der Waals surface area (Å²) in [5.41, 5.74) is 0.158. The van der Waals surface area contributed by atoms with E-state index in [0.29, 0.717) is 23.9 Å². The Hall–Kier alpha value is -4.92. The maximum absolute atomic E-state index is 16.7. The smallest absolute Gasteiger partial charge is 0.317 e. The predicted octanol–water partition coefficient (Wildman–Crippen LogP) is 5.47. The van der Waals surface area contributed by atoms with Crippen molar-refractivity contribution >= 4 is 27.6 Å². The fourth-order valence-corrected chi connectivity index (χ4v) is 6.83. The Kier molecular flexibility index (Phi) is 6.99. The third kappa shape index (κ3) is 4.77. The van der Waals surface area contributed by atoms with E-state index < -0.39 is 35.9 Å². The van der Waals surface area contributed by atoms with Crippen molar-refractivity contribution in [3.05, 3.63) is 72.1 Å². The van der Waals surface area contributed by atoms with Crippen LogP contribution in [0.4, 0.5) is 13.2 Å². The summed E-state index contributed by atoms with van der Waals surface area (Å²) in [6.45, 7) is 0.481. The molecule has 2 N–H and O–H groups in total. The molecule has 4 heterocycles. The summed E-state index contributed by atoms with van der Waals surface area (Å²) >= 11 is 0. The summed E-state index contributed by atoms with van der Waals surface area (Å²) in [4.78, 5) is 23.3. The molecular weight excluding hydrogens is 585 g/mol. The number of rotatable bonds is 6. The van der Waals surface area contributed by atoms with Gasteiger partial charge in [-0.15, -0.1) is 6.42 Å². The quantitative estimate of drug-likeness (QED) is 0.245. The van der Waals surface area contributed by atoms with Crippen molar-refractivity contribution in [3.63, 3.8) is 0 Å². The number of hydrogen-bond acceptors (Lipinski definition) is 7. The number of phenolic OH excluding ortho intramolecular Hbond substituents is 1. The van der Waals surface area contributed by atoms with Gasteiger partial charge in [0, 0.05) is 47.3 Å². The first-order valence-electron chi connectivity index (χ1n) is 14.5. The van der Waals surface area contributed by atoms with Crippen molar-refractivity contribution in [1.82, 2.24) is 19.4 Å². The van der Waals surface area contributed by atoms with E-state index in [1.54, 1.807) is 12.1 Å². The largest absolute Gasteiger partial charge is 0.508 e. The molecule has 7 rings (SSSR count). The molecule has 2 fully saturated rings. The SMILES string of the molecule is C#Cc1c(F)ccc2cc(O)cc(-c3ccc4c(-c5ccn(C(=O)CO)c5)nc(OC[C@@]56CCCN5C[C@H](F)C6)nc4c3F)c12. The lowest BCUT2D eigenvalue weighted by molar-refractivity contribution is 0.0819. The minimum Gasteiger partial charge on any atom is -0.508 e. The Morgan fingerprint density at radius 3 is 2.80 bits per heavy atom. The van der Waals surface area contributed by atoms with Crippen LogP contribution >= 0.6 is 0 Å². The molecule has 228 valence electrons. The second kappa shape index (κ2) is 10.9. The van der Waals surface area contributed by atoms with Crippen LogP contribution in [0.25, 0.3) is 44.1 Å². The van der Waals surface area contributed by atoms with E-state index >= 15 is 4.39 Å². The Bertz CT molecular complexity index is 2060. The molecule has 45 heavy (non-hydrogen) atoms. The van der Waals surface area contributed by atoms with Gasteiger partial charge in [0.2, 0.25) is 0 Å². The molecular formula is C34H27F3N4O4. The van der Waals surface area contributed by atoms with Crippen molar-refractivity contribution in [2.45, 2.75) is 31.0 Å². The van der Waals surface area contributed by atoms with Gasteiger partial charge < -0.3 is 14.9 Å². The van der Waals surface area contributed by atoms with E-state index in [4.69, 9.17) is 11.2 Å². The number of carbonyl (C=O) groups is 1. The first-order valence-corrected chi connectivity index (χ1v) is 14.5. The van der Waals surface area contributed by atoms with Crippen LogP contribution in [0.3, 0.4) is 0 Å². The van der Waals surface area contributed by atoms with Gasteiger partial charge in [-0.05, 0) is 60.7 Å². The Morgan fingerprint density at radius 2 is 2.00 bits per heavy atom. The van der Waals surface area contributed by atoms with E-state index in [2.05, 4.69) is 20.8 Å². The molecule has 2 atom stereocenters. The molecule has 0 bridgehead atoms. The average molecular weight is 613 g/mol. The third-order valence-electron chi connectivity index (χ3n) is 8.89. The Balaban J connectivity index is 1.41. The zero-order valence-electron chi connectivity index (χ0n) is 23.9. The monoisotopic (exact) mass is 612 g/mol. The first kappa shape index (κ1) is 28.8. The molecule has 2 aromatic heterocycles. The van der Waals surface area contributed by atoms with Gasteiger partial charge in [0.25, 0.3) is 5.91 Å². The van der Waals surface area contributed by atoms with Crippen LogP contribution in [0.1, 0.15) is 29.6 Å². The van der Waals surface area contributed by atoms with Crippen LogP contribution in [0, 0.1) is 24.0 Å². The summed E-state index contributed by atoms with van der Waals surface area (Å²) in [5.74, 6) is 0.143. The lowest BCUT2D eigenvalue weighted by Crippen LogP contribution is -2.43. The van der Waals surface area contributed by atoms with E-state index in [1.807, 2.05) is 0 Å². The fourth-order valence-electron chi connectivity index (χ4n) is 6.83. The molecule has 0 radical (unpaired) electrons. The Labute approximate surface area is 255 Å². The molecule has 0 spiro atoms. The zero-order valence-corrected chi connectivity index (χ0v) is 23.9. The van der Waals surface area contributed by atoms with Crippen LogP contribution in [-0.4, -0.2) is 73.6 Å². The highest BCUT2D eigenvalue weighted by molar-refractivity contribution is 6.04. The molecule has 0 amide bonds. The molecule has 0 saturated carbocycles. The molecule has 2 aliphatic rings. The highest BCUT2D eigenvalue weighted by Gasteiger charge is 2.49. The van der Waals surface area contributed by atoms with Gasteiger partial charge in [0.1, 0.15) is 36.5 Å². The molecule has 0 unspecified atom stereocenters. The van der Waals surface area contributed by atoms with Crippen LogP contribution in [0.5, 0.6) is 11.8 Å². The number of aromatic hydroxyl groups is 1. The number of aliphatic hydroxyl groups is 1. The lowest BCUT2D eigenvalue weighted by Gasteiger charge is -2.30. The van der Waals surface area contributed by atoms with Gasteiger partial charge in [-0.25, -0.2) is 13.2 Å². The Morgan fingerprint density at radius 1 is 1.16 bits per heavy atom. The van der Waals surface area contributed by atoms with Crippen molar-refractivity contribution in [2.24, 2.45) is 0 Å². The van der Waals surface area contributed by atoms with E-state index in [9.17, 15) is 23.8 Å². The zero-order chi connectivity index (χ0) is 31.5. The standard InChI is InChI=1S/C34H27F3N4O4/c1-2-23-27(36)7-4-19-12-22(43)13-26(29(19)23)24-5-6-25-31(20-8-11-40(15-20)28(44)17-42)38-33(39-32(25)30(24)37)45-18-34-9-3-10-41(34)16-21(35)14-34/h1,4-8,11-13,15,21,42-43H,3,9-10,14,16-18H2/t21-,34+/m1/s1. The lowest BCUT2D eigenvalue weighted by atomic mass is 9.92. The van der Waals surface area contributed by atoms with Gasteiger partial charge in [0.15, 0.2) is 5.82 Å². The number of carbonyl (C=O) groups excluding carboxylic acids is 1. The second-order valence-corrected chi connectivity index (χ2v) is 11.6. The number of nitrogens with zero attached hydrogens (tertiary/aromatic N) is 4. The topological polar surface area (TPSA) is 101 Å². The van der Waals surface area contributed by atoms with Crippen molar-refractivity contribution in [1.29, 1.82) is 0 Å². The number of benzene rings is 3. The number of ether oxygens (including phenoxy) is 1. The van der Waals surface area contributed by atoms with Gasteiger partial charge in [0.05, 0.1) is 16.8 Å². The van der Waals surface area contributed by atoms with Crippen molar-refractivity contribution in [3.8, 4) is 46.5 Å². The minimum atomic E-state index is -0.972. The number of hydrogen-bond donors (Lipinski definition) is 2. The summed E-state index contributed by atoms with van der Waals surface area (Å²) < 4.78 is 53.2. The highest BCUT2D eigenvalue weighted by Crippen LogP contribution is 2.42. The number of fused-ring (bicyclic) bond motifs is 3. The fraction of sp³-hybridized carbons (Fsp3) is 0.265. The molecule has 5 aromatic rings. The minimum absolute atomic E-state index is 0.00533. The molecule has 3 aromatic carbocycles. The van der Waals surface area contributed by atoms with Gasteiger partial charge in [-0.3, -0.25) is 14.3 Å². The number of aromatic nitrogens is 3.